The van der Waals surface area contributed by atoms with E-state index >= 15 is 0 Å². The van der Waals surface area contributed by atoms with Crippen LogP contribution in [-0.4, -0.2) is 34.9 Å². The number of benzene rings is 1. The molecule has 1 fully saturated rings. The van der Waals surface area contributed by atoms with Crippen LogP contribution in [0.2, 0.25) is 0 Å². The van der Waals surface area contributed by atoms with Crippen LogP contribution in [0.25, 0.3) is 0 Å². The lowest BCUT2D eigenvalue weighted by molar-refractivity contribution is 0.0787. The highest BCUT2D eigenvalue weighted by molar-refractivity contribution is 7.98. The average Bonchev–Trinajstić information content (AvgIpc) is 3.13. The fourth-order valence-electron chi connectivity index (χ4n) is 2.54. The number of rotatable bonds is 4. The van der Waals surface area contributed by atoms with Crippen LogP contribution >= 0.6 is 47.9 Å². The van der Waals surface area contributed by atoms with Crippen LogP contribution in [-0.2, 0) is 5.75 Å². The minimum atomic E-state index is 0. The van der Waals surface area contributed by atoms with Crippen LogP contribution in [0.1, 0.15) is 27.5 Å². The largest absolute Gasteiger partial charge is 0.337 e. The van der Waals surface area contributed by atoms with Crippen LogP contribution in [0.5, 0.6) is 0 Å². The van der Waals surface area contributed by atoms with E-state index in [4.69, 9.17) is 5.73 Å². The average molecular weight is 406 g/mol. The molecule has 2 heterocycles. The first-order chi connectivity index (χ1) is 10.6. The first-order valence-corrected chi connectivity index (χ1v) is 9.17. The van der Waals surface area contributed by atoms with Gasteiger partial charge in [0.1, 0.15) is 0 Å². The van der Waals surface area contributed by atoms with E-state index in [9.17, 15) is 4.79 Å². The van der Waals surface area contributed by atoms with Crippen LogP contribution < -0.4 is 5.73 Å². The van der Waals surface area contributed by atoms with Crippen molar-refractivity contribution in [1.29, 1.82) is 0 Å². The predicted octanol–water partition coefficient (Wildman–Crippen LogP) is 3.76. The number of nitrogens with two attached hydrogens (primary N) is 1. The topological polar surface area (TPSA) is 59.2 Å². The lowest BCUT2D eigenvalue weighted by atomic mass is 10.2. The smallest absolute Gasteiger partial charge is 0.255 e. The molecule has 0 saturated carbocycles. The Bertz CT molecular complexity index is 681. The van der Waals surface area contributed by atoms with Gasteiger partial charge in [0.15, 0.2) is 0 Å². The molecule has 4 nitrogen and oxygen atoms in total. The Morgan fingerprint density at radius 2 is 2.17 bits per heavy atom. The highest BCUT2D eigenvalue weighted by Crippen LogP contribution is 2.28. The number of nitrogens with zero attached hydrogens (tertiary/aromatic N) is 2. The summed E-state index contributed by atoms with van der Waals surface area (Å²) in [6.07, 6.45) is 0.888. The molecule has 24 heavy (non-hydrogen) atoms. The molecule has 1 saturated heterocycles. The Kier molecular flexibility index (Phi) is 8.53. The first kappa shape index (κ1) is 21.3. The van der Waals surface area contributed by atoms with Gasteiger partial charge >= 0.3 is 0 Å². The molecule has 0 unspecified atom stereocenters. The summed E-state index contributed by atoms with van der Waals surface area (Å²) in [6, 6.07) is 7.91. The predicted molar refractivity (Wildman–Crippen MR) is 106 cm³/mol. The maximum absolute atomic E-state index is 12.7. The molecular formula is C16H21Cl2N3OS2. The summed E-state index contributed by atoms with van der Waals surface area (Å²) < 4.78 is 0. The number of halogens is 2. The first-order valence-electron chi connectivity index (χ1n) is 7.31. The van der Waals surface area contributed by atoms with Gasteiger partial charge in [-0.15, -0.1) is 47.9 Å². The number of carbonyl (C=O) groups is 1. The molecular weight excluding hydrogens is 385 g/mol. The Labute approximate surface area is 163 Å². The van der Waals surface area contributed by atoms with Crippen LogP contribution in [0.3, 0.4) is 0 Å². The Morgan fingerprint density at radius 1 is 1.42 bits per heavy atom. The van der Waals surface area contributed by atoms with Gasteiger partial charge in [-0.3, -0.25) is 4.79 Å². The van der Waals surface area contributed by atoms with E-state index < -0.39 is 0 Å². The number of likely N-dealkylation sites (tertiary alicyclic amines) is 1. The standard InChI is InChI=1S/C16H19N3OS2.2ClH/c1-11-18-13(9-21-11)10-22-15-5-3-2-4-14(15)16(20)19-7-6-12(17)8-19;;/h2-5,9,12H,6-8,10,17H2,1H3;2*1H/t12-;;/m1../s1. The van der Waals surface area contributed by atoms with E-state index in [0.717, 1.165) is 39.9 Å². The molecule has 0 bridgehead atoms. The molecule has 1 amide bonds. The summed E-state index contributed by atoms with van der Waals surface area (Å²) in [5.74, 6) is 0.874. The lowest BCUT2D eigenvalue weighted by Gasteiger charge is -2.17. The maximum Gasteiger partial charge on any atom is 0.255 e. The van der Waals surface area contributed by atoms with Gasteiger partial charge in [-0.2, -0.15) is 0 Å². The van der Waals surface area contributed by atoms with Gasteiger partial charge in [0.25, 0.3) is 5.91 Å². The third-order valence-electron chi connectivity index (χ3n) is 3.67. The molecule has 0 spiro atoms. The molecule has 1 aliphatic rings. The summed E-state index contributed by atoms with van der Waals surface area (Å²) in [4.78, 5) is 20.0. The van der Waals surface area contributed by atoms with Crippen LogP contribution in [0, 0.1) is 6.92 Å². The van der Waals surface area contributed by atoms with E-state index in [-0.39, 0.29) is 36.8 Å². The number of aryl methyl sites for hydroxylation is 1. The van der Waals surface area contributed by atoms with Crippen molar-refractivity contribution in [1.82, 2.24) is 9.88 Å². The van der Waals surface area contributed by atoms with Crippen LogP contribution in [0.4, 0.5) is 0 Å². The lowest BCUT2D eigenvalue weighted by Crippen LogP contribution is -2.32. The molecule has 2 N–H and O–H groups in total. The number of thioether (sulfide) groups is 1. The number of thiazole rings is 1. The maximum atomic E-state index is 12.7. The molecule has 1 atom stereocenters. The quantitative estimate of drug-likeness (QED) is 0.786. The van der Waals surface area contributed by atoms with Gasteiger partial charge in [0.2, 0.25) is 0 Å². The van der Waals surface area contributed by atoms with Crippen molar-refractivity contribution in [3.05, 3.63) is 45.9 Å². The van der Waals surface area contributed by atoms with Crippen molar-refractivity contribution in [2.45, 2.75) is 30.0 Å². The zero-order chi connectivity index (χ0) is 15.5. The van der Waals surface area contributed by atoms with Crippen LogP contribution in [0.15, 0.2) is 34.5 Å². The summed E-state index contributed by atoms with van der Waals surface area (Å²) in [5, 5.41) is 3.15. The van der Waals surface area contributed by atoms with Crippen molar-refractivity contribution < 1.29 is 4.79 Å². The van der Waals surface area contributed by atoms with Gasteiger partial charge in [-0.05, 0) is 25.5 Å². The van der Waals surface area contributed by atoms with Gasteiger partial charge in [0.05, 0.1) is 16.3 Å². The van der Waals surface area contributed by atoms with E-state index in [1.54, 1.807) is 23.1 Å². The minimum absolute atomic E-state index is 0. The van der Waals surface area contributed by atoms with Gasteiger partial charge in [-0.25, -0.2) is 4.98 Å². The SMILES string of the molecule is Cc1nc(CSc2ccccc2C(=O)N2CC[C@@H](N)C2)cs1.Cl.Cl. The Balaban J connectivity index is 0.00000144. The molecule has 2 aromatic rings. The van der Waals surface area contributed by atoms with Gasteiger partial charge in [0, 0.05) is 35.2 Å². The normalized spacial score (nSPS) is 16.4. The molecule has 1 aromatic heterocycles. The molecule has 3 rings (SSSR count). The molecule has 0 radical (unpaired) electrons. The Hall–Kier alpha value is -0.790. The van der Waals surface area contributed by atoms with Crippen molar-refractivity contribution in [2.75, 3.05) is 13.1 Å². The summed E-state index contributed by atoms with van der Waals surface area (Å²) in [6.45, 7) is 3.42. The zero-order valence-electron chi connectivity index (χ0n) is 13.3. The van der Waals surface area contributed by atoms with E-state index in [0.29, 0.717) is 6.54 Å². The third kappa shape index (κ3) is 5.10. The highest BCUT2D eigenvalue weighted by Gasteiger charge is 2.25. The number of hydrogen-bond donors (Lipinski definition) is 1. The number of carbonyl (C=O) groups excluding carboxylic acids is 1. The molecule has 132 valence electrons. The van der Waals surface area contributed by atoms with Crippen molar-refractivity contribution >= 4 is 53.8 Å². The van der Waals surface area contributed by atoms with Crippen molar-refractivity contribution in [3.8, 4) is 0 Å². The zero-order valence-corrected chi connectivity index (χ0v) is 16.6. The van der Waals surface area contributed by atoms with E-state index in [1.807, 2.05) is 36.1 Å². The van der Waals surface area contributed by atoms with Gasteiger partial charge < -0.3 is 10.6 Å². The van der Waals surface area contributed by atoms with Crippen molar-refractivity contribution in [3.63, 3.8) is 0 Å². The highest BCUT2D eigenvalue weighted by atomic mass is 35.5. The summed E-state index contributed by atoms with van der Waals surface area (Å²) >= 11 is 3.32. The monoisotopic (exact) mass is 405 g/mol. The number of amides is 1. The second-order valence-corrected chi connectivity index (χ2v) is 7.52. The third-order valence-corrected chi connectivity index (χ3v) is 5.60. The van der Waals surface area contributed by atoms with E-state index in [2.05, 4.69) is 10.4 Å². The Morgan fingerprint density at radius 3 is 2.79 bits per heavy atom. The number of aromatic nitrogens is 1. The van der Waals surface area contributed by atoms with Crippen molar-refractivity contribution in [2.24, 2.45) is 5.73 Å². The molecule has 0 aliphatic carbocycles. The molecule has 1 aliphatic heterocycles. The molecule has 1 aromatic carbocycles. The fraction of sp³-hybridized carbons (Fsp3) is 0.375. The van der Waals surface area contributed by atoms with E-state index in [1.165, 1.54) is 0 Å². The fourth-order valence-corrected chi connectivity index (χ4v) is 4.19. The summed E-state index contributed by atoms with van der Waals surface area (Å²) in [5.41, 5.74) is 7.75. The minimum Gasteiger partial charge on any atom is -0.337 e. The van der Waals surface area contributed by atoms with Gasteiger partial charge in [-0.1, -0.05) is 12.1 Å². The molecule has 8 heteroatoms. The number of hydrogen-bond acceptors (Lipinski definition) is 5. The summed E-state index contributed by atoms with van der Waals surface area (Å²) in [7, 11) is 0. The second-order valence-electron chi connectivity index (χ2n) is 5.44. The second kappa shape index (κ2) is 9.63.